The monoisotopic (exact) mass is 262 g/mol. The molecule has 1 saturated heterocycles. The van der Waals surface area contributed by atoms with Crippen molar-refractivity contribution in [2.45, 2.75) is 12.5 Å². The summed E-state index contributed by atoms with van der Waals surface area (Å²) in [7, 11) is 2.17. The number of H-pyrrole nitrogens is 1. The first kappa shape index (κ1) is 11.9. The standard InChI is InChI=1S/C13H18N4S/c1-17-5-4-14-10(9-17)7-13-15-8-11(16-13)12-3-2-6-18-12/h2-3,6,8,10,14H,4-5,7,9H2,1H3,(H,15,16). The zero-order valence-corrected chi connectivity index (χ0v) is 11.3. The van der Waals surface area contributed by atoms with E-state index in [-0.39, 0.29) is 0 Å². The third-order valence-corrected chi connectivity index (χ3v) is 4.22. The van der Waals surface area contributed by atoms with Crippen LogP contribution in [0, 0.1) is 0 Å². The predicted octanol–water partition coefficient (Wildman–Crippen LogP) is 1.58. The average molecular weight is 262 g/mol. The average Bonchev–Trinajstić information content (AvgIpc) is 2.98. The van der Waals surface area contributed by atoms with E-state index in [2.05, 4.69) is 44.7 Å². The Morgan fingerprint density at radius 1 is 1.56 bits per heavy atom. The van der Waals surface area contributed by atoms with E-state index in [9.17, 15) is 0 Å². The van der Waals surface area contributed by atoms with Gasteiger partial charge in [-0.3, -0.25) is 0 Å². The molecular formula is C13H18N4S. The van der Waals surface area contributed by atoms with Crippen LogP contribution in [0.15, 0.2) is 23.7 Å². The summed E-state index contributed by atoms with van der Waals surface area (Å²) in [5.74, 6) is 1.08. The molecule has 0 spiro atoms. The van der Waals surface area contributed by atoms with Gasteiger partial charge in [-0.2, -0.15) is 0 Å². The molecule has 0 bridgehead atoms. The normalized spacial score (nSPS) is 21.3. The van der Waals surface area contributed by atoms with Crippen molar-refractivity contribution in [3.63, 3.8) is 0 Å². The number of nitrogens with zero attached hydrogens (tertiary/aromatic N) is 2. The number of piperazine rings is 1. The third kappa shape index (κ3) is 2.63. The topological polar surface area (TPSA) is 44.0 Å². The fourth-order valence-electron chi connectivity index (χ4n) is 2.38. The van der Waals surface area contributed by atoms with Crippen molar-refractivity contribution in [3.05, 3.63) is 29.5 Å². The maximum atomic E-state index is 4.48. The van der Waals surface area contributed by atoms with Crippen molar-refractivity contribution < 1.29 is 0 Å². The van der Waals surface area contributed by atoms with Crippen LogP contribution >= 0.6 is 11.3 Å². The molecule has 2 aromatic heterocycles. The highest BCUT2D eigenvalue weighted by molar-refractivity contribution is 7.13. The molecule has 4 nitrogen and oxygen atoms in total. The van der Waals surface area contributed by atoms with Crippen molar-refractivity contribution in [2.75, 3.05) is 26.7 Å². The van der Waals surface area contributed by atoms with E-state index in [4.69, 9.17) is 0 Å². The van der Waals surface area contributed by atoms with E-state index in [0.717, 1.165) is 37.6 Å². The molecule has 1 aliphatic heterocycles. The number of hydrogen-bond donors (Lipinski definition) is 2. The van der Waals surface area contributed by atoms with Gasteiger partial charge in [0.1, 0.15) is 5.82 Å². The predicted molar refractivity (Wildman–Crippen MR) is 74.9 cm³/mol. The Morgan fingerprint density at radius 2 is 2.50 bits per heavy atom. The van der Waals surface area contributed by atoms with Gasteiger partial charge >= 0.3 is 0 Å². The number of aromatic nitrogens is 2. The van der Waals surface area contributed by atoms with Gasteiger partial charge < -0.3 is 15.2 Å². The van der Waals surface area contributed by atoms with Crippen LogP contribution in [0.2, 0.25) is 0 Å². The summed E-state index contributed by atoms with van der Waals surface area (Å²) in [5.41, 5.74) is 1.13. The fourth-order valence-corrected chi connectivity index (χ4v) is 3.08. The summed E-state index contributed by atoms with van der Waals surface area (Å²) in [6.45, 7) is 3.30. The lowest BCUT2D eigenvalue weighted by Crippen LogP contribution is -2.50. The van der Waals surface area contributed by atoms with E-state index in [1.165, 1.54) is 4.88 Å². The van der Waals surface area contributed by atoms with Crippen molar-refractivity contribution in [3.8, 4) is 10.6 Å². The second kappa shape index (κ2) is 5.22. The van der Waals surface area contributed by atoms with Gasteiger partial charge in [0.05, 0.1) is 16.8 Å². The number of nitrogens with one attached hydrogen (secondary N) is 2. The largest absolute Gasteiger partial charge is 0.341 e. The van der Waals surface area contributed by atoms with Gasteiger partial charge in [-0.25, -0.2) is 4.98 Å². The summed E-state index contributed by atoms with van der Waals surface area (Å²) in [4.78, 5) is 11.5. The lowest BCUT2D eigenvalue weighted by Gasteiger charge is -2.30. The van der Waals surface area contributed by atoms with Crippen LogP contribution < -0.4 is 5.32 Å². The van der Waals surface area contributed by atoms with Crippen LogP contribution in [0.5, 0.6) is 0 Å². The van der Waals surface area contributed by atoms with E-state index < -0.39 is 0 Å². The Hall–Kier alpha value is -1.17. The van der Waals surface area contributed by atoms with Crippen LogP contribution in [0.25, 0.3) is 10.6 Å². The van der Waals surface area contributed by atoms with Gasteiger partial charge in [0.25, 0.3) is 0 Å². The Labute approximate surface area is 111 Å². The van der Waals surface area contributed by atoms with E-state index in [1.807, 2.05) is 6.20 Å². The van der Waals surface area contributed by atoms with E-state index >= 15 is 0 Å². The highest BCUT2D eigenvalue weighted by Crippen LogP contribution is 2.22. The molecule has 96 valence electrons. The highest BCUT2D eigenvalue weighted by atomic mass is 32.1. The summed E-state index contributed by atoms with van der Waals surface area (Å²) >= 11 is 1.74. The zero-order valence-electron chi connectivity index (χ0n) is 10.5. The molecule has 3 heterocycles. The Morgan fingerprint density at radius 3 is 3.28 bits per heavy atom. The first-order valence-corrected chi connectivity index (χ1v) is 7.19. The summed E-state index contributed by atoms with van der Waals surface area (Å²) in [6.07, 6.45) is 2.91. The minimum absolute atomic E-state index is 0.506. The molecule has 5 heteroatoms. The number of thiophene rings is 1. The maximum Gasteiger partial charge on any atom is 0.108 e. The molecule has 1 atom stereocenters. The second-order valence-electron chi connectivity index (χ2n) is 4.84. The van der Waals surface area contributed by atoms with Crippen LogP contribution in [-0.2, 0) is 6.42 Å². The van der Waals surface area contributed by atoms with Crippen molar-refractivity contribution in [2.24, 2.45) is 0 Å². The summed E-state index contributed by atoms with van der Waals surface area (Å²) in [6, 6.07) is 4.69. The number of hydrogen-bond acceptors (Lipinski definition) is 4. The maximum absolute atomic E-state index is 4.48. The lowest BCUT2D eigenvalue weighted by atomic mass is 10.1. The van der Waals surface area contributed by atoms with Gasteiger partial charge in [0.15, 0.2) is 0 Å². The molecule has 2 aromatic rings. The Kier molecular flexibility index (Phi) is 3.45. The third-order valence-electron chi connectivity index (χ3n) is 3.31. The van der Waals surface area contributed by atoms with Gasteiger partial charge in [-0.15, -0.1) is 11.3 Å². The number of likely N-dealkylation sites (N-methyl/N-ethyl adjacent to an activating group) is 1. The van der Waals surface area contributed by atoms with Crippen molar-refractivity contribution >= 4 is 11.3 Å². The molecule has 0 saturated carbocycles. The van der Waals surface area contributed by atoms with Gasteiger partial charge in [-0.05, 0) is 18.5 Å². The van der Waals surface area contributed by atoms with Crippen LogP contribution in [0.3, 0.4) is 0 Å². The molecule has 0 amide bonds. The van der Waals surface area contributed by atoms with Gasteiger partial charge in [0.2, 0.25) is 0 Å². The smallest absolute Gasteiger partial charge is 0.108 e. The van der Waals surface area contributed by atoms with Crippen LogP contribution in [-0.4, -0.2) is 47.6 Å². The minimum atomic E-state index is 0.506. The first-order valence-electron chi connectivity index (χ1n) is 6.31. The molecule has 2 N–H and O–H groups in total. The lowest BCUT2D eigenvalue weighted by molar-refractivity contribution is 0.236. The molecule has 1 fully saturated rings. The number of imidazole rings is 1. The van der Waals surface area contributed by atoms with Crippen molar-refractivity contribution in [1.82, 2.24) is 20.2 Å². The quantitative estimate of drug-likeness (QED) is 0.883. The summed E-state index contributed by atoms with van der Waals surface area (Å²) in [5, 5.41) is 5.63. The molecular weight excluding hydrogens is 244 g/mol. The van der Waals surface area contributed by atoms with Gasteiger partial charge in [0, 0.05) is 32.1 Å². The van der Waals surface area contributed by atoms with Crippen LogP contribution in [0.4, 0.5) is 0 Å². The molecule has 3 rings (SSSR count). The number of aromatic amines is 1. The molecule has 0 aromatic carbocycles. The highest BCUT2D eigenvalue weighted by Gasteiger charge is 2.18. The SMILES string of the molecule is CN1CCNC(Cc2ncc(-c3cccs3)[nH]2)C1. The first-order chi connectivity index (χ1) is 8.81. The van der Waals surface area contributed by atoms with Crippen LogP contribution in [0.1, 0.15) is 5.82 Å². The minimum Gasteiger partial charge on any atom is -0.341 e. The second-order valence-corrected chi connectivity index (χ2v) is 5.79. The summed E-state index contributed by atoms with van der Waals surface area (Å²) < 4.78 is 0. The molecule has 18 heavy (non-hydrogen) atoms. The molecule has 1 aliphatic rings. The zero-order chi connectivity index (χ0) is 12.4. The molecule has 1 unspecified atom stereocenters. The molecule has 0 aliphatic carbocycles. The number of rotatable bonds is 3. The van der Waals surface area contributed by atoms with Crippen molar-refractivity contribution in [1.29, 1.82) is 0 Å². The van der Waals surface area contributed by atoms with Gasteiger partial charge in [-0.1, -0.05) is 6.07 Å². The molecule has 0 radical (unpaired) electrons. The fraction of sp³-hybridized carbons (Fsp3) is 0.462. The van der Waals surface area contributed by atoms with E-state index in [0.29, 0.717) is 6.04 Å². The Bertz CT molecular complexity index is 491. The Balaban J connectivity index is 1.66. The van der Waals surface area contributed by atoms with E-state index in [1.54, 1.807) is 11.3 Å².